The molecule has 0 aliphatic heterocycles. The van der Waals surface area contributed by atoms with Crippen LogP contribution in [0.5, 0.6) is 0 Å². The molecule has 1 aromatic heterocycles. The third-order valence-corrected chi connectivity index (χ3v) is 2.50. The molecule has 0 aliphatic rings. The molecule has 0 saturated heterocycles. The van der Waals surface area contributed by atoms with Gasteiger partial charge < -0.3 is 9.73 Å². The molecule has 18 heavy (non-hydrogen) atoms. The van der Waals surface area contributed by atoms with E-state index in [1.165, 1.54) is 0 Å². The Morgan fingerprint density at radius 1 is 1.17 bits per heavy atom. The summed E-state index contributed by atoms with van der Waals surface area (Å²) in [5, 5.41) is 2.71. The fourth-order valence-electron chi connectivity index (χ4n) is 1.45. The van der Waals surface area contributed by atoms with E-state index in [-0.39, 0.29) is 12.2 Å². The molecule has 6 heteroatoms. The third-order valence-electron chi connectivity index (χ3n) is 2.50. The number of aryl methyl sites for hydroxylation is 2. The summed E-state index contributed by atoms with van der Waals surface area (Å²) < 4.78 is 43.9. The van der Waals surface area contributed by atoms with E-state index in [4.69, 9.17) is 4.42 Å². The molecule has 0 spiro atoms. The highest BCUT2D eigenvalue weighted by molar-refractivity contribution is 5.44. The molecule has 96 valence electrons. The molecule has 0 aliphatic carbocycles. The highest BCUT2D eigenvalue weighted by atomic mass is 19.2. The van der Waals surface area contributed by atoms with Crippen molar-refractivity contribution in [1.29, 1.82) is 0 Å². The molecule has 0 saturated carbocycles. The monoisotopic (exact) mass is 256 g/mol. The summed E-state index contributed by atoms with van der Waals surface area (Å²) in [5.74, 6) is -2.88. The van der Waals surface area contributed by atoms with Crippen molar-refractivity contribution in [2.45, 2.75) is 20.4 Å². The van der Waals surface area contributed by atoms with Gasteiger partial charge in [0.1, 0.15) is 5.76 Å². The molecule has 1 heterocycles. The van der Waals surface area contributed by atoms with Gasteiger partial charge in [-0.1, -0.05) is 0 Å². The van der Waals surface area contributed by atoms with Gasteiger partial charge in [0.15, 0.2) is 17.5 Å². The minimum atomic E-state index is -1.48. The van der Waals surface area contributed by atoms with Gasteiger partial charge in [0.05, 0.1) is 12.2 Å². The van der Waals surface area contributed by atoms with Gasteiger partial charge in [-0.25, -0.2) is 18.2 Å². The lowest BCUT2D eigenvalue weighted by atomic mass is 10.3. The molecule has 0 radical (unpaired) electrons. The van der Waals surface area contributed by atoms with E-state index >= 15 is 0 Å². The van der Waals surface area contributed by atoms with Crippen LogP contribution in [0.2, 0.25) is 0 Å². The molecule has 3 nitrogen and oxygen atoms in total. The average molecular weight is 256 g/mol. The lowest BCUT2D eigenvalue weighted by molar-refractivity contribution is 0.447. The van der Waals surface area contributed by atoms with E-state index in [2.05, 4.69) is 10.3 Å². The molecular formula is C12H11F3N2O. The van der Waals surface area contributed by atoms with Crippen molar-refractivity contribution in [2.24, 2.45) is 0 Å². The maximum atomic E-state index is 12.9. The van der Waals surface area contributed by atoms with Crippen molar-refractivity contribution in [3.05, 3.63) is 46.9 Å². The largest absolute Gasteiger partial charge is 0.444 e. The summed E-state index contributed by atoms with van der Waals surface area (Å²) in [7, 11) is 0. The van der Waals surface area contributed by atoms with E-state index in [0.29, 0.717) is 11.7 Å². The lowest BCUT2D eigenvalue weighted by Crippen LogP contribution is -2.02. The van der Waals surface area contributed by atoms with Gasteiger partial charge in [-0.2, -0.15) is 0 Å². The molecular weight excluding hydrogens is 245 g/mol. The Labute approximate surface area is 102 Å². The number of hydrogen-bond donors (Lipinski definition) is 1. The number of benzene rings is 1. The number of halogens is 3. The van der Waals surface area contributed by atoms with E-state index in [9.17, 15) is 13.2 Å². The predicted molar refractivity (Wildman–Crippen MR) is 59.6 cm³/mol. The zero-order chi connectivity index (χ0) is 13.3. The van der Waals surface area contributed by atoms with Gasteiger partial charge in [-0.05, 0) is 13.8 Å². The fourth-order valence-corrected chi connectivity index (χ4v) is 1.45. The van der Waals surface area contributed by atoms with Crippen molar-refractivity contribution in [1.82, 2.24) is 4.98 Å². The van der Waals surface area contributed by atoms with E-state index in [0.717, 1.165) is 17.8 Å². The first-order chi connectivity index (χ1) is 8.47. The van der Waals surface area contributed by atoms with Crippen molar-refractivity contribution in [3.63, 3.8) is 0 Å². The summed E-state index contributed by atoms with van der Waals surface area (Å²) in [6.07, 6.45) is 0. The first kappa shape index (κ1) is 12.5. The molecule has 0 fully saturated rings. The smallest absolute Gasteiger partial charge is 0.213 e. The van der Waals surface area contributed by atoms with Gasteiger partial charge in [0, 0.05) is 17.8 Å². The van der Waals surface area contributed by atoms with Crippen molar-refractivity contribution in [3.8, 4) is 0 Å². The Bertz CT molecular complexity index is 538. The molecule has 2 aromatic rings. The van der Waals surface area contributed by atoms with Crippen LogP contribution in [0, 0.1) is 31.3 Å². The van der Waals surface area contributed by atoms with Crippen LogP contribution in [0.1, 0.15) is 17.3 Å². The Morgan fingerprint density at radius 2 is 1.78 bits per heavy atom. The Kier molecular flexibility index (Phi) is 3.27. The Balaban J connectivity index is 2.11. The van der Waals surface area contributed by atoms with Crippen LogP contribution >= 0.6 is 0 Å². The maximum absolute atomic E-state index is 12.9. The molecule has 1 N–H and O–H groups in total. The standard InChI is InChI=1S/C12H11F3N2O/c1-6-7(2)18-11(17-6)5-16-8-3-9(13)12(15)10(14)4-8/h3-4,16H,5H2,1-2H3. The minimum absolute atomic E-state index is 0.125. The molecule has 0 amide bonds. The van der Waals surface area contributed by atoms with E-state index in [1.807, 2.05) is 0 Å². The highest BCUT2D eigenvalue weighted by Gasteiger charge is 2.11. The van der Waals surface area contributed by atoms with Gasteiger partial charge >= 0.3 is 0 Å². The van der Waals surface area contributed by atoms with Crippen molar-refractivity contribution in [2.75, 3.05) is 5.32 Å². The topological polar surface area (TPSA) is 38.1 Å². The summed E-state index contributed by atoms with van der Waals surface area (Å²) in [4.78, 5) is 4.10. The van der Waals surface area contributed by atoms with Gasteiger partial charge in [0.2, 0.25) is 5.89 Å². The van der Waals surface area contributed by atoms with Gasteiger partial charge in [-0.15, -0.1) is 0 Å². The van der Waals surface area contributed by atoms with Crippen LogP contribution < -0.4 is 5.32 Å². The second-order valence-electron chi connectivity index (χ2n) is 3.86. The van der Waals surface area contributed by atoms with Crippen LogP contribution in [0.25, 0.3) is 0 Å². The quantitative estimate of drug-likeness (QED) is 0.856. The van der Waals surface area contributed by atoms with E-state index in [1.54, 1.807) is 13.8 Å². The van der Waals surface area contributed by atoms with Crippen LogP contribution in [0.15, 0.2) is 16.5 Å². The number of oxazole rings is 1. The van der Waals surface area contributed by atoms with Crippen molar-refractivity contribution < 1.29 is 17.6 Å². The summed E-state index contributed by atoms with van der Waals surface area (Å²) in [6.45, 7) is 3.72. The summed E-state index contributed by atoms with van der Waals surface area (Å²) in [6, 6.07) is 1.75. The van der Waals surface area contributed by atoms with E-state index < -0.39 is 17.5 Å². The first-order valence-electron chi connectivity index (χ1n) is 5.28. The maximum Gasteiger partial charge on any atom is 0.213 e. The highest BCUT2D eigenvalue weighted by Crippen LogP contribution is 2.18. The molecule has 0 atom stereocenters. The zero-order valence-corrected chi connectivity index (χ0v) is 9.85. The Hall–Kier alpha value is -1.98. The number of hydrogen-bond acceptors (Lipinski definition) is 3. The number of anilines is 1. The minimum Gasteiger partial charge on any atom is -0.444 e. The Morgan fingerprint density at radius 3 is 2.28 bits per heavy atom. The first-order valence-corrected chi connectivity index (χ1v) is 5.28. The normalized spacial score (nSPS) is 10.7. The predicted octanol–water partition coefficient (Wildman–Crippen LogP) is 3.32. The summed E-state index contributed by atoms with van der Waals surface area (Å²) in [5.41, 5.74) is 0.878. The summed E-state index contributed by atoms with van der Waals surface area (Å²) >= 11 is 0. The second-order valence-corrected chi connectivity index (χ2v) is 3.86. The lowest BCUT2D eigenvalue weighted by Gasteiger charge is -2.05. The van der Waals surface area contributed by atoms with Crippen LogP contribution in [0.3, 0.4) is 0 Å². The number of aromatic nitrogens is 1. The average Bonchev–Trinajstić information content (AvgIpc) is 2.63. The zero-order valence-electron chi connectivity index (χ0n) is 9.85. The second kappa shape index (κ2) is 4.72. The molecule has 1 aromatic carbocycles. The third kappa shape index (κ3) is 2.47. The van der Waals surface area contributed by atoms with Crippen LogP contribution in [-0.4, -0.2) is 4.98 Å². The van der Waals surface area contributed by atoms with Gasteiger partial charge in [-0.3, -0.25) is 0 Å². The van der Waals surface area contributed by atoms with Gasteiger partial charge in [0.25, 0.3) is 0 Å². The molecule has 0 unspecified atom stereocenters. The number of nitrogens with one attached hydrogen (secondary N) is 1. The van der Waals surface area contributed by atoms with Crippen LogP contribution in [-0.2, 0) is 6.54 Å². The fraction of sp³-hybridized carbons (Fsp3) is 0.250. The SMILES string of the molecule is Cc1nc(CNc2cc(F)c(F)c(F)c2)oc1C. The number of nitrogens with zero attached hydrogens (tertiary/aromatic N) is 1. The van der Waals surface area contributed by atoms with Crippen LogP contribution in [0.4, 0.5) is 18.9 Å². The molecule has 2 rings (SSSR count). The number of rotatable bonds is 3. The molecule has 0 bridgehead atoms. The van der Waals surface area contributed by atoms with Crippen molar-refractivity contribution >= 4 is 5.69 Å².